The first-order chi connectivity index (χ1) is 7.64. The molecular formula is C9H21N3O3S. The van der Waals surface area contributed by atoms with Gasteiger partial charge in [0, 0.05) is 46.4 Å². The largest absolute Gasteiger partial charge is 0.384 e. The van der Waals surface area contributed by atoms with Crippen LogP contribution in [0.15, 0.2) is 0 Å². The minimum absolute atomic E-state index is 0.0328. The zero-order valence-electron chi connectivity index (χ0n) is 9.74. The molecule has 1 heterocycles. The Morgan fingerprint density at radius 1 is 1.38 bits per heavy atom. The van der Waals surface area contributed by atoms with E-state index < -0.39 is 10.0 Å². The predicted octanol–water partition coefficient (Wildman–Crippen LogP) is -1.54. The maximum absolute atomic E-state index is 11.4. The molecule has 0 amide bonds. The smallest absolute Gasteiger partial charge is 0.213 e. The quantitative estimate of drug-likeness (QED) is 0.574. The third kappa shape index (κ3) is 5.76. The van der Waals surface area contributed by atoms with Crippen molar-refractivity contribution in [3.63, 3.8) is 0 Å². The molecule has 0 atom stereocenters. The Balaban J connectivity index is 2.13. The number of sulfonamides is 1. The van der Waals surface area contributed by atoms with Gasteiger partial charge in [-0.15, -0.1) is 0 Å². The Morgan fingerprint density at radius 2 is 2.06 bits per heavy atom. The zero-order valence-corrected chi connectivity index (χ0v) is 10.6. The molecule has 16 heavy (non-hydrogen) atoms. The summed E-state index contributed by atoms with van der Waals surface area (Å²) >= 11 is 0. The predicted molar refractivity (Wildman–Crippen MR) is 63.0 cm³/mol. The van der Waals surface area contributed by atoms with E-state index >= 15 is 0 Å². The molecule has 0 aliphatic carbocycles. The molecule has 2 N–H and O–H groups in total. The highest BCUT2D eigenvalue weighted by Gasteiger charge is 2.12. The van der Waals surface area contributed by atoms with Gasteiger partial charge in [0.15, 0.2) is 0 Å². The molecule has 0 unspecified atom stereocenters. The highest BCUT2D eigenvalue weighted by Crippen LogP contribution is 1.91. The second-order valence-electron chi connectivity index (χ2n) is 3.80. The molecule has 0 aromatic rings. The number of hydrogen-bond acceptors (Lipinski definition) is 5. The van der Waals surface area contributed by atoms with E-state index in [1.165, 1.54) is 7.11 Å². The minimum atomic E-state index is -3.16. The Hall–Kier alpha value is -0.210. The molecule has 0 aromatic heterocycles. The van der Waals surface area contributed by atoms with Crippen LogP contribution in [-0.2, 0) is 14.8 Å². The summed E-state index contributed by atoms with van der Waals surface area (Å²) in [6.45, 7) is 5.43. The molecule has 1 aliphatic heterocycles. The van der Waals surface area contributed by atoms with Crippen LogP contribution in [0.1, 0.15) is 0 Å². The van der Waals surface area contributed by atoms with Crippen molar-refractivity contribution in [2.75, 3.05) is 58.7 Å². The highest BCUT2D eigenvalue weighted by molar-refractivity contribution is 7.89. The summed E-state index contributed by atoms with van der Waals surface area (Å²) in [5, 5.41) is 3.25. The summed E-state index contributed by atoms with van der Waals surface area (Å²) < 4.78 is 30.1. The van der Waals surface area contributed by atoms with Gasteiger partial charge in [0.1, 0.15) is 0 Å². The third-order valence-electron chi connectivity index (χ3n) is 2.52. The van der Waals surface area contributed by atoms with E-state index in [1.807, 2.05) is 0 Å². The van der Waals surface area contributed by atoms with Crippen molar-refractivity contribution in [3.05, 3.63) is 0 Å². The monoisotopic (exact) mass is 251 g/mol. The molecule has 1 rings (SSSR count). The van der Waals surface area contributed by atoms with Crippen LogP contribution in [0, 0.1) is 0 Å². The van der Waals surface area contributed by atoms with E-state index in [0.717, 1.165) is 32.7 Å². The molecule has 96 valence electrons. The van der Waals surface area contributed by atoms with Crippen LogP contribution >= 0.6 is 0 Å². The summed E-state index contributed by atoms with van der Waals surface area (Å²) in [7, 11) is -1.67. The zero-order chi connectivity index (χ0) is 11.9. The number of hydrogen-bond donors (Lipinski definition) is 2. The molecule has 0 radical (unpaired) electrons. The molecule has 1 saturated heterocycles. The topological polar surface area (TPSA) is 70.7 Å². The Bertz CT molecular complexity index is 276. The van der Waals surface area contributed by atoms with E-state index in [2.05, 4.69) is 14.9 Å². The molecule has 0 saturated carbocycles. The molecule has 6 nitrogen and oxygen atoms in total. The van der Waals surface area contributed by atoms with Crippen molar-refractivity contribution in [2.45, 2.75) is 0 Å². The van der Waals surface area contributed by atoms with Crippen molar-refractivity contribution in [3.8, 4) is 0 Å². The highest BCUT2D eigenvalue weighted by atomic mass is 32.2. The standard InChI is InChI=1S/C9H21N3O3S/c1-15-8-9-16(13,14)11-4-7-12-5-2-10-3-6-12/h10-11H,2-9H2,1H3. The van der Waals surface area contributed by atoms with Gasteiger partial charge in [0.2, 0.25) is 10.0 Å². The Kier molecular flexibility index (Phi) is 6.22. The number of methoxy groups -OCH3 is 1. The molecule has 1 fully saturated rings. The number of nitrogens with one attached hydrogen (secondary N) is 2. The van der Waals surface area contributed by atoms with E-state index in [-0.39, 0.29) is 12.4 Å². The average Bonchev–Trinajstić information content (AvgIpc) is 2.28. The molecule has 7 heteroatoms. The van der Waals surface area contributed by atoms with Gasteiger partial charge < -0.3 is 10.1 Å². The minimum Gasteiger partial charge on any atom is -0.384 e. The van der Waals surface area contributed by atoms with Crippen molar-refractivity contribution < 1.29 is 13.2 Å². The fourth-order valence-electron chi connectivity index (χ4n) is 1.56. The Morgan fingerprint density at radius 3 is 2.69 bits per heavy atom. The van der Waals surface area contributed by atoms with Crippen molar-refractivity contribution in [1.29, 1.82) is 0 Å². The van der Waals surface area contributed by atoms with Crippen molar-refractivity contribution >= 4 is 10.0 Å². The maximum Gasteiger partial charge on any atom is 0.213 e. The molecule has 0 aromatic carbocycles. The lowest BCUT2D eigenvalue weighted by Gasteiger charge is -2.27. The summed E-state index contributed by atoms with van der Waals surface area (Å²) in [6.07, 6.45) is 0. The van der Waals surface area contributed by atoms with Gasteiger partial charge in [-0.25, -0.2) is 13.1 Å². The first-order valence-corrected chi connectivity index (χ1v) is 7.18. The second kappa shape index (κ2) is 7.18. The lowest BCUT2D eigenvalue weighted by Crippen LogP contribution is -2.46. The molecule has 0 spiro atoms. The van der Waals surface area contributed by atoms with Crippen LogP contribution in [0.2, 0.25) is 0 Å². The normalized spacial score (nSPS) is 18.8. The fraction of sp³-hybridized carbons (Fsp3) is 1.00. The first-order valence-electron chi connectivity index (χ1n) is 5.53. The van der Waals surface area contributed by atoms with E-state index in [0.29, 0.717) is 6.54 Å². The van der Waals surface area contributed by atoms with E-state index in [9.17, 15) is 8.42 Å². The van der Waals surface area contributed by atoms with Gasteiger partial charge in [-0.1, -0.05) is 0 Å². The van der Waals surface area contributed by atoms with Crippen LogP contribution < -0.4 is 10.0 Å². The molecule has 1 aliphatic rings. The van der Waals surface area contributed by atoms with Gasteiger partial charge in [-0.3, -0.25) is 4.90 Å². The summed E-state index contributed by atoms with van der Waals surface area (Å²) in [6, 6.07) is 0. The lowest BCUT2D eigenvalue weighted by atomic mass is 10.3. The van der Waals surface area contributed by atoms with Crippen LogP contribution in [0.25, 0.3) is 0 Å². The van der Waals surface area contributed by atoms with E-state index in [4.69, 9.17) is 4.74 Å². The van der Waals surface area contributed by atoms with Crippen LogP contribution in [-0.4, -0.2) is 72.1 Å². The number of nitrogens with zero attached hydrogens (tertiary/aromatic N) is 1. The van der Waals surface area contributed by atoms with Crippen LogP contribution in [0.5, 0.6) is 0 Å². The van der Waals surface area contributed by atoms with Gasteiger partial charge in [-0.05, 0) is 0 Å². The second-order valence-corrected chi connectivity index (χ2v) is 5.72. The van der Waals surface area contributed by atoms with Gasteiger partial charge >= 0.3 is 0 Å². The summed E-state index contributed by atoms with van der Waals surface area (Å²) in [5.41, 5.74) is 0. The summed E-state index contributed by atoms with van der Waals surface area (Å²) in [5.74, 6) is 0.0328. The van der Waals surface area contributed by atoms with Crippen LogP contribution in [0.4, 0.5) is 0 Å². The lowest BCUT2D eigenvalue weighted by molar-refractivity contribution is 0.216. The van der Waals surface area contributed by atoms with Crippen molar-refractivity contribution in [1.82, 2.24) is 14.9 Å². The first kappa shape index (κ1) is 13.9. The van der Waals surface area contributed by atoms with Gasteiger partial charge in [-0.2, -0.15) is 0 Å². The van der Waals surface area contributed by atoms with E-state index in [1.54, 1.807) is 0 Å². The Labute approximate surface area is 97.4 Å². The number of rotatable bonds is 7. The third-order valence-corrected chi connectivity index (χ3v) is 3.86. The number of ether oxygens (including phenoxy) is 1. The maximum atomic E-state index is 11.4. The molecular weight excluding hydrogens is 230 g/mol. The average molecular weight is 251 g/mol. The fourth-order valence-corrected chi connectivity index (χ4v) is 2.49. The van der Waals surface area contributed by atoms with Crippen molar-refractivity contribution in [2.24, 2.45) is 0 Å². The van der Waals surface area contributed by atoms with Gasteiger partial charge in [0.25, 0.3) is 0 Å². The summed E-state index contributed by atoms with van der Waals surface area (Å²) in [4.78, 5) is 2.25. The SMILES string of the molecule is COCCS(=O)(=O)NCCN1CCNCC1. The van der Waals surface area contributed by atoms with Gasteiger partial charge in [0.05, 0.1) is 12.4 Å². The van der Waals surface area contributed by atoms with Crippen LogP contribution in [0.3, 0.4) is 0 Å². The number of piperazine rings is 1. The molecule has 0 bridgehead atoms.